The molecular formula is C32H34N6O3. The van der Waals surface area contributed by atoms with Crippen LogP contribution in [0.4, 0.5) is 0 Å². The van der Waals surface area contributed by atoms with Crippen LogP contribution < -0.4 is 0 Å². The van der Waals surface area contributed by atoms with Crippen molar-refractivity contribution < 1.29 is 14.3 Å². The Morgan fingerprint density at radius 3 is 2.00 bits per heavy atom. The summed E-state index contributed by atoms with van der Waals surface area (Å²) in [7, 11) is 0. The van der Waals surface area contributed by atoms with Crippen molar-refractivity contribution in [3.63, 3.8) is 0 Å². The van der Waals surface area contributed by atoms with E-state index in [1.54, 1.807) is 0 Å². The molecule has 4 aromatic rings. The molecule has 2 aromatic heterocycles. The minimum absolute atomic E-state index is 0.0147. The van der Waals surface area contributed by atoms with Crippen LogP contribution in [0.3, 0.4) is 0 Å². The molecule has 0 aliphatic carbocycles. The molecule has 2 aromatic carbocycles. The summed E-state index contributed by atoms with van der Waals surface area (Å²) in [4.78, 5) is 45.8. The van der Waals surface area contributed by atoms with Gasteiger partial charge in [0.25, 0.3) is 5.91 Å². The molecule has 3 atom stereocenters. The van der Waals surface area contributed by atoms with E-state index < -0.39 is 0 Å². The van der Waals surface area contributed by atoms with Gasteiger partial charge in [-0.3, -0.25) is 9.59 Å². The Labute approximate surface area is 238 Å². The Bertz CT molecular complexity index is 1690. The van der Waals surface area contributed by atoms with Gasteiger partial charge in [-0.1, -0.05) is 18.8 Å². The van der Waals surface area contributed by atoms with E-state index in [4.69, 9.17) is 14.7 Å². The number of amides is 2. The van der Waals surface area contributed by atoms with Gasteiger partial charge in [-0.05, 0) is 74.9 Å². The number of aromatic nitrogens is 4. The Hall–Kier alpha value is -4.16. The number of hydrogen-bond acceptors (Lipinski definition) is 5. The molecule has 0 saturated carbocycles. The number of nitrogens with one attached hydrogen (secondary N) is 2. The lowest BCUT2D eigenvalue weighted by Gasteiger charge is -2.25. The van der Waals surface area contributed by atoms with E-state index >= 15 is 0 Å². The minimum Gasteiger partial charge on any atom is -0.368 e. The van der Waals surface area contributed by atoms with Gasteiger partial charge in [-0.25, -0.2) is 9.97 Å². The van der Waals surface area contributed by atoms with Gasteiger partial charge >= 0.3 is 0 Å². The normalized spacial score (nSPS) is 22.5. The van der Waals surface area contributed by atoms with Crippen molar-refractivity contribution in [1.82, 2.24) is 29.7 Å². The second-order valence-electron chi connectivity index (χ2n) is 11.2. The van der Waals surface area contributed by atoms with Crippen LogP contribution in [-0.4, -0.2) is 67.4 Å². The number of ether oxygens (including phenoxy) is 1. The van der Waals surface area contributed by atoms with Crippen LogP contribution in [0, 0.1) is 11.8 Å². The summed E-state index contributed by atoms with van der Waals surface area (Å²) in [6.07, 6.45) is 5.75. The molecule has 7 rings (SSSR count). The molecule has 0 unspecified atom stereocenters. The lowest BCUT2D eigenvalue weighted by molar-refractivity contribution is -0.142. The van der Waals surface area contributed by atoms with Gasteiger partial charge in [-0.2, -0.15) is 0 Å². The number of nitrogens with zero attached hydrogens (tertiary/aromatic N) is 4. The first kappa shape index (κ1) is 25.8. The van der Waals surface area contributed by atoms with Crippen LogP contribution in [0.25, 0.3) is 22.1 Å². The quantitative estimate of drug-likeness (QED) is 0.357. The largest absolute Gasteiger partial charge is 0.368 e. The Kier molecular flexibility index (Phi) is 6.71. The zero-order valence-corrected chi connectivity index (χ0v) is 23.3. The predicted octanol–water partition coefficient (Wildman–Crippen LogP) is 4.76. The number of likely N-dealkylation sites (tertiary alicyclic amines) is 2. The lowest BCUT2D eigenvalue weighted by atomic mass is 10.1. The molecule has 41 heavy (non-hydrogen) atoms. The van der Waals surface area contributed by atoms with Gasteiger partial charge in [0.15, 0.2) is 0 Å². The third-order valence-electron chi connectivity index (χ3n) is 8.60. The summed E-state index contributed by atoms with van der Waals surface area (Å²) < 4.78 is 5.66. The number of rotatable bonds is 4. The highest BCUT2D eigenvalue weighted by Crippen LogP contribution is 2.34. The second kappa shape index (κ2) is 10.7. The zero-order chi connectivity index (χ0) is 27.9. The first-order chi connectivity index (χ1) is 20.1. The van der Waals surface area contributed by atoms with Crippen LogP contribution in [-0.2, 0) is 14.3 Å². The molecule has 9 heteroatoms. The summed E-state index contributed by atoms with van der Waals surface area (Å²) >= 11 is 0. The maximum atomic E-state index is 13.0. The average Bonchev–Trinajstić information content (AvgIpc) is 3.83. The summed E-state index contributed by atoms with van der Waals surface area (Å²) in [5.74, 6) is 8.52. The molecule has 9 nitrogen and oxygen atoms in total. The van der Waals surface area contributed by atoms with Crippen LogP contribution in [0.15, 0.2) is 36.4 Å². The summed E-state index contributed by atoms with van der Waals surface area (Å²) in [6.45, 7) is 4.11. The number of hydrogen-bond donors (Lipinski definition) is 2. The fourth-order valence-electron chi connectivity index (χ4n) is 6.50. The molecule has 0 spiro atoms. The van der Waals surface area contributed by atoms with E-state index in [1.165, 1.54) is 0 Å². The molecule has 3 aliphatic heterocycles. The topological polar surface area (TPSA) is 107 Å². The average molecular weight is 551 g/mol. The highest BCUT2D eigenvalue weighted by atomic mass is 16.5. The van der Waals surface area contributed by atoms with E-state index in [9.17, 15) is 9.59 Å². The first-order valence-electron chi connectivity index (χ1n) is 14.8. The molecule has 2 amide bonds. The maximum absolute atomic E-state index is 13.0. The molecule has 0 radical (unpaired) electrons. The number of imidazole rings is 2. The van der Waals surface area contributed by atoms with E-state index in [0.717, 1.165) is 96.5 Å². The Morgan fingerprint density at radius 1 is 0.854 bits per heavy atom. The van der Waals surface area contributed by atoms with Crippen molar-refractivity contribution in [1.29, 1.82) is 0 Å². The molecule has 210 valence electrons. The molecule has 0 bridgehead atoms. The van der Waals surface area contributed by atoms with E-state index in [-0.39, 0.29) is 30.0 Å². The lowest BCUT2D eigenvalue weighted by Crippen LogP contribution is -2.38. The van der Waals surface area contributed by atoms with Gasteiger partial charge < -0.3 is 24.5 Å². The summed E-state index contributed by atoms with van der Waals surface area (Å²) in [6, 6.07) is 11.9. The molecule has 2 N–H and O–H groups in total. The maximum Gasteiger partial charge on any atom is 0.252 e. The number of carbonyl (C=O) groups is 2. The smallest absolute Gasteiger partial charge is 0.252 e. The van der Waals surface area contributed by atoms with Crippen LogP contribution in [0.5, 0.6) is 0 Å². The Morgan fingerprint density at radius 2 is 1.44 bits per heavy atom. The monoisotopic (exact) mass is 550 g/mol. The number of carbonyl (C=O) groups excluding carboxylic acids is 2. The van der Waals surface area contributed by atoms with Crippen molar-refractivity contribution >= 4 is 33.9 Å². The molecule has 3 aliphatic rings. The number of fused-ring (bicyclic) bond motifs is 2. The first-order valence-corrected chi connectivity index (χ1v) is 14.8. The highest BCUT2D eigenvalue weighted by molar-refractivity contribution is 5.82. The standard InChI is InChI=1S/C32H34N6O3/c1-2-29(39)37-15-3-6-26(37)30-33-22-13-11-20(18-24(22)35-30)9-10-21-12-14-23-25(19-21)36-31(34-23)27-7-4-16-38(27)32(40)28-8-5-17-41-28/h11-14,18-19,26-28H,2-8,15-17H2,1H3,(H,33,35)(H,34,36)/t26-,27-,28+/m0/s1. The predicted molar refractivity (Wildman–Crippen MR) is 155 cm³/mol. The third-order valence-corrected chi connectivity index (χ3v) is 8.60. The van der Waals surface area contributed by atoms with Gasteiger partial charge in [0.2, 0.25) is 5.91 Å². The zero-order valence-electron chi connectivity index (χ0n) is 23.3. The van der Waals surface area contributed by atoms with E-state index in [0.29, 0.717) is 13.0 Å². The van der Waals surface area contributed by atoms with E-state index in [1.807, 2.05) is 53.1 Å². The van der Waals surface area contributed by atoms with Crippen molar-refractivity contribution in [3.8, 4) is 11.8 Å². The molecular weight excluding hydrogens is 516 g/mol. The van der Waals surface area contributed by atoms with Crippen molar-refractivity contribution in [2.45, 2.75) is 70.1 Å². The van der Waals surface area contributed by atoms with Crippen LogP contribution in [0.1, 0.15) is 86.7 Å². The van der Waals surface area contributed by atoms with Gasteiger partial charge in [0, 0.05) is 37.2 Å². The SMILES string of the molecule is CCC(=O)N1CCC[C@H]1c1nc2ccc(C#Cc3ccc4nc([C@@H]5CCCN5C(=O)[C@H]5CCCO5)[nH]c4c3)cc2[nH]1. The minimum atomic E-state index is -0.308. The van der Waals surface area contributed by atoms with Crippen LogP contribution >= 0.6 is 0 Å². The highest BCUT2D eigenvalue weighted by Gasteiger charge is 2.37. The van der Waals surface area contributed by atoms with Gasteiger partial charge in [0.05, 0.1) is 34.2 Å². The summed E-state index contributed by atoms with van der Waals surface area (Å²) in [5.41, 5.74) is 5.37. The van der Waals surface area contributed by atoms with Crippen LogP contribution in [0.2, 0.25) is 0 Å². The molecule has 3 saturated heterocycles. The van der Waals surface area contributed by atoms with E-state index in [2.05, 4.69) is 21.8 Å². The van der Waals surface area contributed by atoms with Gasteiger partial charge in [0.1, 0.15) is 17.8 Å². The third kappa shape index (κ3) is 4.87. The van der Waals surface area contributed by atoms with Crippen molar-refractivity contribution in [2.75, 3.05) is 19.7 Å². The fourth-order valence-corrected chi connectivity index (χ4v) is 6.50. The van der Waals surface area contributed by atoms with Crippen molar-refractivity contribution in [3.05, 3.63) is 59.2 Å². The van der Waals surface area contributed by atoms with Gasteiger partial charge in [-0.15, -0.1) is 0 Å². The molecule has 5 heterocycles. The Balaban J connectivity index is 1.10. The second-order valence-corrected chi connectivity index (χ2v) is 11.2. The summed E-state index contributed by atoms with van der Waals surface area (Å²) in [5, 5.41) is 0. The number of aromatic amines is 2. The molecule has 3 fully saturated rings. The fraction of sp³-hybridized carbons (Fsp3) is 0.438. The van der Waals surface area contributed by atoms with Crippen molar-refractivity contribution in [2.24, 2.45) is 0 Å². The number of H-pyrrole nitrogens is 2. The number of benzene rings is 2.